The Morgan fingerprint density at radius 3 is 2.60 bits per heavy atom. The molecule has 0 amide bonds. The van der Waals surface area contributed by atoms with Gasteiger partial charge in [-0.3, -0.25) is 4.68 Å². The van der Waals surface area contributed by atoms with Crippen molar-refractivity contribution in [3.63, 3.8) is 0 Å². The fourth-order valence-corrected chi connectivity index (χ4v) is 3.03. The zero-order chi connectivity index (χ0) is 14.7. The lowest BCUT2D eigenvalue weighted by Crippen LogP contribution is -2.24. The van der Waals surface area contributed by atoms with E-state index in [0.29, 0.717) is 6.04 Å². The summed E-state index contributed by atoms with van der Waals surface area (Å²) in [5.74, 6) is 0. The SMILES string of the molecule is CNC(Cc1ccccc1C)c1c(Br)cnn1C(C)C. The smallest absolute Gasteiger partial charge is 0.0702 e. The molecule has 1 atom stereocenters. The maximum atomic E-state index is 4.48. The van der Waals surface area contributed by atoms with Gasteiger partial charge in [-0.2, -0.15) is 5.10 Å². The average Bonchev–Trinajstić information content (AvgIpc) is 2.80. The van der Waals surface area contributed by atoms with Gasteiger partial charge in [-0.1, -0.05) is 24.3 Å². The first kappa shape index (κ1) is 15.3. The summed E-state index contributed by atoms with van der Waals surface area (Å²) in [5, 5.41) is 7.90. The van der Waals surface area contributed by atoms with Crippen molar-refractivity contribution < 1.29 is 0 Å². The molecule has 1 aromatic carbocycles. The second-order valence-electron chi connectivity index (χ2n) is 5.39. The molecule has 0 aliphatic heterocycles. The minimum absolute atomic E-state index is 0.246. The molecule has 3 nitrogen and oxygen atoms in total. The molecule has 0 fully saturated rings. The van der Waals surface area contributed by atoms with Gasteiger partial charge in [-0.15, -0.1) is 0 Å². The zero-order valence-electron chi connectivity index (χ0n) is 12.5. The second kappa shape index (κ2) is 6.55. The summed E-state index contributed by atoms with van der Waals surface area (Å²) < 4.78 is 3.16. The van der Waals surface area contributed by atoms with Gasteiger partial charge in [0.1, 0.15) is 0 Å². The van der Waals surface area contributed by atoms with Gasteiger partial charge in [0.15, 0.2) is 0 Å². The number of likely N-dealkylation sites (N-methyl/N-ethyl adjacent to an activating group) is 1. The van der Waals surface area contributed by atoms with E-state index < -0.39 is 0 Å². The van der Waals surface area contributed by atoms with E-state index in [0.717, 1.165) is 10.9 Å². The fourth-order valence-electron chi connectivity index (χ4n) is 2.48. The Bertz CT molecular complexity index is 575. The van der Waals surface area contributed by atoms with E-state index in [4.69, 9.17) is 0 Å². The molecule has 2 aromatic rings. The van der Waals surface area contributed by atoms with E-state index in [9.17, 15) is 0 Å². The van der Waals surface area contributed by atoms with E-state index in [1.807, 2.05) is 13.2 Å². The topological polar surface area (TPSA) is 29.9 Å². The van der Waals surface area contributed by atoms with Crippen LogP contribution in [0.4, 0.5) is 0 Å². The van der Waals surface area contributed by atoms with Crippen LogP contribution < -0.4 is 5.32 Å². The standard InChI is InChI=1S/C16H22BrN3/c1-11(2)20-16(14(17)10-19-20)15(18-4)9-13-8-6-5-7-12(13)3/h5-8,10-11,15,18H,9H2,1-4H3. The summed E-state index contributed by atoms with van der Waals surface area (Å²) >= 11 is 3.64. The normalized spacial score (nSPS) is 12.9. The summed E-state index contributed by atoms with van der Waals surface area (Å²) in [4.78, 5) is 0. The van der Waals surface area contributed by atoms with Crippen LogP contribution in [0, 0.1) is 6.92 Å². The van der Waals surface area contributed by atoms with Crippen molar-refractivity contribution in [1.82, 2.24) is 15.1 Å². The molecule has 4 heteroatoms. The van der Waals surface area contributed by atoms with Crippen LogP contribution in [0.1, 0.15) is 42.8 Å². The van der Waals surface area contributed by atoms with Crippen LogP contribution in [0.2, 0.25) is 0 Å². The molecule has 0 bridgehead atoms. The molecule has 0 saturated carbocycles. The van der Waals surface area contributed by atoms with Crippen LogP contribution in [-0.4, -0.2) is 16.8 Å². The molecule has 108 valence electrons. The summed E-state index contributed by atoms with van der Waals surface area (Å²) in [6, 6.07) is 9.14. The fraction of sp³-hybridized carbons (Fsp3) is 0.438. The quantitative estimate of drug-likeness (QED) is 0.893. The first-order valence-electron chi connectivity index (χ1n) is 6.99. The predicted octanol–water partition coefficient (Wildman–Crippen LogP) is 4.04. The van der Waals surface area contributed by atoms with E-state index in [1.54, 1.807) is 0 Å². The molecular formula is C16H22BrN3. The number of halogens is 1. The number of benzene rings is 1. The van der Waals surface area contributed by atoms with Gasteiger partial charge in [0.05, 0.1) is 22.4 Å². The van der Waals surface area contributed by atoms with Crippen LogP contribution in [0.3, 0.4) is 0 Å². The Morgan fingerprint density at radius 2 is 2.00 bits per heavy atom. The molecule has 0 aliphatic carbocycles. The molecule has 0 saturated heterocycles. The largest absolute Gasteiger partial charge is 0.311 e. The van der Waals surface area contributed by atoms with Gasteiger partial charge < -0.3 is 5.32 Å². The van der Waals surface area contributed by atoms with E-state index in [2.05, 4.69) is 76.1 Å². The molecule has 0 aliphatic rings. The van der Waals surface area contributed by atoms with Gasteiger partial charge in [-0.25, -0.2) is 0 Å². The van der Waals surface area contributed by atoms with Crippen LogP contribution in [0.5, 0.6) is 0 Å². The maximum Gasteiger partial charge on any atom is 0.0702 e. The van der Waals surface area contributed by atoms with Crippen molar-refractivity contribution in [2.45, 2.75) is 39.3 Å². The van der Waals surface area contributed by atoms with Gasteiger partial charge in [0.25, 0.3) is 0 Å². The molecule has 0 radical (unpaired) electrons. The zero-order valence-corrected chi connectivity index (χ0v) is 14.1. The molecule has 1 heterocycles. The molecule has 20 heavy (non-hydrogen) atoms. The Balaban J connectivity index is 2.34. The second-order valence-corrected chi connectivity index (χ2v) is 6.24. The highest BCUT2D eigenvalue weighted by molar-refractivity contribution is 9.10. The van der Waals surface area contributed by atoms with Gasteiger partial charge in [0, 0.05) is 6.04 Å². The van der Waals surface area contributed by atoms with Crippen LogP contribution in [-0.2, 0) is 6.42 Å². The number of hydrogen-bond donors (Lipinski definition) is 1. The van der Waals surface area contributed by atoms with Crippen LogP contribution in [0.15, 0.2) is 34.9 Å². The number of rotatable bonds is 5. The Morgan fingerprint density at radius 1 is 1.30 bits per heavy atom. The average molecular weight is 336 g/mol. The van der Waals surface area contributed by atoms with Crippen molar-refractivity contribution in [3.8, 4) is 0 Å². The third-order valence-electron chi connectivity index (χ3n) is 3.64. The van der Waals surface area contributed by atoms with E-state index in [1.165, 1.54) is 16.8 Å². The minimum Gasteiger partial charge on any atom is -0.311 e. The summed E-state index contributed by atoms with van der Waals surface area (Å²) in [6.45, 7) is 6.48. The monoisotopic (exact) mass is 335 g/mol. The van der Waals surface area contributed by atoms with Gasteiger partial charge in [0.2, 0.25) is 0 Å². The first-order valence-corrected chi connectivity index (χ1v) is 7.78. The van der Waals surface area contributed by atoms with Crippen molar-refractivity contribution >= 4 is 15.9 Å². The number of aryl methyl sites for hydroxylation is 1. The van der Waals surface area contributed by atoms with Crippen molar-refractivity contribution in [3.05, 3.63) is 51.8 Å². The minimum atomic E-state index is 0.246. The molecule has 0 spiro atoms. The lowest BCUT2D eigenvalue weighted by atomic mass is 9.99. The third-order valence-corrected chi connectivity index (χ3v) is 4.25. The molecule has 1 unspecified atom stereocenters. The molecule has 1 N–H and O–H groups in total. The highest BCUT2D eigenvalue weighted by Crippen LogP contribution is 2.28. The number of aromatic nitrogens is 2. The Hall–Kier alpha value is -1.13. The number of hydrogen-bond acceptors (Lipinski definition) is 2. The summed E-state index contributed by atoms with van der Waals surface area (Å²) in [5.41, 5.74) is 3.92. The van der Waals surface area contributed by atoms with Crippen LogP contribution >= 0.6 is 15.9 Å². The predicted molar refractivity (Wildman–Crippen MR) is 87.0 cm³/mol. The lowest BCUT2D eigenvalue weighted by molar-refractivity contribution is 0.458. The van der Waals surface area contributed by atoms with Crippen molar-refractivity contribution in [2.24, 2.45) is 0 Å². The molecule has 2 rings (SSSR count). The van der Waals surface area contributed by atoms with Gasteiger partial charge in [-0.05, 0) is 61.3 Å². The van der Waals surface area contributed by atoms with Gasteiger partial charge >= 0.3 is 0 Å². The summed E-state index contributed by atoms with van der Waals surface area (Å²) in [6.07, 6.45) is 2.84. The maximum absolute atomic E-state index is 4.48. The van der Waals surface area contributed by atoms with E-state index >= 15 is 0 Å². The van der Waals surface area contributed by atoms with E-state index in [-0.39, 0.29) is 6.04 Å². The Kier molecular flexibility index (Phi) is 5.00. The third kappa shape index (κ3) is 3.13. The molecule has 1 aromatic heterocycles. The highest BCUT2D eigenvalue weighted by atomic mass is 79.9. The van der Waals surface area contributed by atoms with Crippen molar-refractivity contribution in [2.75, 3.05) is 7.05 Å². The van der Waals surface area contributed by atoms with Crippen LogP contribution in [0.25, 0.3) is 0 Å². The molecular weight excluding hydrogens is 314 g/mol. The number of nitrogens with zero attached hydrogens (tertiary/aromatic N) is 2. The lowest BCUT2D eigenvalue weighted by Gasteiger charge is -2.21. The number of nitrogens with one attached hydrogen (secondary N) is 1. The first-order chi connectivity index (χ1) is 9.54. The Labute approximate surface area is 129 Å². The summed E-state index contributed by atoms with van der Waals surface area (Å²) in [7, 11) is 2.01. The highest BCUT2D eigenvalue weighted by Gasteiger charge is 2.20. The van der Waals surface area contributed by atoms with Crippen molar-refractivity contribution in [1.29, 1.82) is 0 Å².